The molecule has 0 saturated carbocycles. The summed E-state index contributed by atoms with van der Waals surface area (Å²) in [7, 11) is 0. The first-order valence-corrected chi connectivity index (χ1v) is 5.54. The van der Waals surface area contributed by atoms with Crippen LogP contribution in [0.3, 0.4) is 0 Å². The van der Waals surface area contributed by atoms with Crippen molar-refractivity contribution in [2.24, 2.45) is 5.73 Å². The van der Waals surface area contributed by atoms with Crippen LogP contribution < -0.4 is 11.5 Å². The molecule has 0 saturated heterocycles. The third kappa shape index (κ3) is 2.00. The van der Waals surface area contributed by atoms with Crippen molar-refractivity contribution >= 4 is 16.5 Å². The van der Waals surface area contributed by atoms with Gasteiger partial charge in [0.1, 0.15) is 0 Å². The Morgan fingerprint density at radius 2 is 2.20 bits per heavy atom. The lowest BCUT2D eigenvalue weighted by atomic mass is 10.1. The van der Waals surface area contributed by atoms with Crippen LogP contribution >= 0.6 is 11.3 Å². The quantitative estimate of drug-likeness (QED) is 0.813. The van der Waals surface area contributed by atoms with Crippen molar-refractivity contribution in [1.29, 1.82) is 0 Å². The van der Waals surface area contributed by atoms with Gasteiger partial charge >= 0.3 is 0 Å². The number of nitrogens with two attached hydrogens (primary N) is 2. The van der Waals surface area contributed by atoms with Gasteiger partial charge in [-0.1, -0.05) is 18.2 Å². The minimum atomic E-state index is 0.548. The normalized spacial score (nSPS) is 10.5. The summed E-state index contributed by atoms with van der Waals surface area (Å²) in [5.74, 6) is 0. The summed E-state index contributed by atoms with van der Waals surface area (Å²) >= 11 is 1.51. The zero-order chi connectivity index (χ0) is 10.8. The summed E-state index contributed by atoms with van der Waals surface area (Å²) < 4.78 is 0. The average Bonchev–Trinajstić information content (AvgIpc) is 2.58. The van der Waals surface area contributed by atoms with E-state index in [-0.39, 0.29) is 0 Å². The largest absolute Gasteiger partial charge is 0.375 e. The number of nitrogen functional groups attached to an aromatic ring is 1. The van der Waals surface area contributed by atoms with Crippen LogP contribution in [0.1, 0.15) is 10.4 Å². The van der Waals surface area contributed by atoms with Crippen LogP contribution in [-0.4, -0.2) is 4.98 Å². The minimum Gasteiger partial charge on any atom is -0.375 e. The van der Waals surface area contributed by atoms with E-state index in [2.05, 4.69) is 11.1 Å². The molecule has 0 radical (unpaired) electrons. The van der Waals surface area contributed by atoms with Crippen molar-refractivity contribution in [1.82, 2.24) is 4.98 Å². The molecule has 1 aromatic heterocycles. The maximum atomic E-state index is 5.67. The number of anilines is 1. The molecule has 0 aliphatic heterocycles. The number of aryl methyl sites for hydroxylation is 1. The number of benzene rings is 1. The molecule has 1 aromatic carbocycles. The third-order valence-corrected chi connectivity index (χ3v) is 3.05. The number of nitrogens with zero attached hydrogens (tertiary/aromatic N) is 1. The van der Waals surface area contributed by atoms with Gasteiger partial charge in [0.25, 0.3) is 0 Å². The minimum absolute atomic E-state index is 0.548. The zero-order valence-electron chi connectivity index (χ0n) is 8.53. The molecule has 0 fully saturated rings. The number of hydrogen-bond acceptors (Lipinski definition) is 4. The standard InChI is InChI=1S/C11H13N3S/c1-7-10(14-11(13)15-7)9-4-2-3-8(5-9)6-12/h2-5H,6,12H2,1H3,(H2,13,14). The van der Waals surface area contributed by atoms with E-state index >= 15 is 0 Å². The molecule has 78 valence electrons. The smallest absolute Gasteiger partial charge is 0.180 e. The molecule has 0 amide bonds. The van der Waals surface area contributed by atoms with Gasteiger partial charge in [0.05, 0.1) is 5.69 Å². The molecular formula is C11H13N3S. The average molecular weight is 219 g/mol. The number of aromatic nitrogens is 1. The number of hydrogen-bond donors (Lipinski definition) is 2. The van der Waals surface area contributed by atoms with Crippen LogP contribution in [0, 0.1) is 6.92 Å². The lowest BCUT2D eigenvalue weighted by Crippen LogP contribution is -1.96. The molecule has 0 atom stereocenters. The van der Waals surface area contributed by atoms with Gasteiger partial charge in [-0.15, -0.1) is 11.3 Å². The SMILES string of the molecule is Cc1sc(N)nc1-c1cccc(CN)c1. The van der Waals surface area contributed by atoms with Gasteiger partial charge in [-0.2, -0.15) is 0 Å². The van der Waals surface area contributed by atoms with Crippen molar-refractivity contribution in [3.05, 3.63) is 34.7 Å². The highest BCUT2D eigenvalue weighted by atomic mass is 32.1. The third-order valence-electron chi connectivity index (χ3n) is 2.25. The molecule has 0 bridgehead atoms. The Bertz CT molecular complexity index is 476. The van der Waals surface area contributed by atoms with E-state index < -0.39 is 0 Å². The van der Waals surface area contributed by atoms with Crippen molar-refractivity contribution in [2.75, 3.05) is 5.73 Å². The van der Waals surface area contributed by atoms with Crippen LogP contribution in [0.4, 0.5) is 5.13 Å². The van der Waals surface area contributed by atoms with Gasteiger partial charge in [-0.3, -0.25) is 0 Å². The van der Waals surface area contributed by atoms with Gasteiger partial charge in [-0.25, -0.2) is 4.98 Å². The fourth-order valence-electron chi connectivity index (χ4n) is 1.53. The highest BCUT2D eigenvalue weighted by molar-refractivity contribution is 7.15. The molecule has 4 N–H and O–H groups in total. The molecule has 3 nitrogen and oxygen atoms in total. The van der Waals surface area contributed by atoms with Crippen LogP contribution in [0.25, 0.3) is 11.3 Å². The zero-order valence-corrected chi connectivity index (χ0v) is 9.34. The monoisotopic (exact) mass is 219 g/mol. The Kier molecular flexibility index (Phi) is 2.70. The Labute approximate surface area is 92.8 Å². The van der Waals surface area contributed by atoms with Crippen LogP contribution in [-0.2, 0) is 6.54 Å². The Morgan fingerprint density at radius 1 is 1.40 bits per heavy atom. The van der Waals surface area contributed by atoms with E-state index in [0.29, 0.717) is 11.7 Å². The van der Waals surface area contributed by atoms with E-state index in [4.69, 9.17) is 11.5 Å². The van der Waals surface area contributed by atoms with E-state index in [1.54, 1.807) is 0 Å². The molecule has 0 aliphatic carbocycles. The van der Waals surface area contributed by atoms with Gasteiger partial charge in [0.15, 0.2) is 5.13 Å². The molecule has 2 rings (SSSR count). The molecule has 2 aromatic rings. The second-order valence-corrected chi connectivity index (χ2v) is 4.60. The van der Waals surface area contributed by atoms with Gasteiger partial charge in [0.2, 0.25) is 0 Å². The predicted molar refractivity (Wildman–Crippen MR) is 64.6 cm³/mol. The van der Waals surface area contributed by atoms with Crippen molar-refractivity contribution < 1.29 is 0 Å². The topological polar surface area (TPSA) is 64.9 Å². The Hall–Kier alpha value is -1.39. The van der Waals surface area contributed by atoms with E-state index in [1.165, 1.54) is 11.3 Å². The highest BCUT2D eigenvalue weighted by Gasteiger charge is 2.07. The van der Waals surface area contributed by atoms with E-state index in [0.717, 1.165) is 21.7 Å². The molecule has 0 spiro atoms. The molecule has 4 heteroatoms. The van der Waals surface area contributed by atoms with Crippen molar-refractivity contribution in [3.63, 3.8) is 0 Å². The van der Waals surface area contributed by atoms with Crippen molar-refractivity contribution in [3.8, 4) is 11.3 Å². The summed E-state index contributed by atoms with van der Waals surface area (Å²) in [6.07, 6.45) is 0. The van der Waals surface area contributed by atoms with Gasteiger partial charge in [0, 0.05) is 17.0 Å². The molecule has 1 heterocycles. The summed E-state index contributed by atoms with van der Waals surface area (Å²) in [6, 6.07) is 8.09. The summed E-state index contributed by atoms with van der Waals surface area (Å²) in [5.41, 5.74) is 14.4. The predicted octanol–water partition coefficient (Wildman–Crippen LogP) is 2.16. The molecular weight excluding hydrogens is 206 g/mol. The lowest BCUT2D eigenvalue weighted by molar-refractivity contribution is 1.07. The molecule has 0 unspecified atom stereocenters. The second-order valence-electron chi connectivity index (χ2n) is 3.36. The fraction of sp³-hybridized carbons (Fsp3) is 0.182. The maximum Gasteiger partial charge on any atom is 0.180 e. The summed E-state index contributed by atoms with van der Waals surface area (Å²) in [5, 5.41) is 0.612. The molecule has 15 heavy (non-hydrogen) atoms. The fourth-order valence-corrected chi connectivity index (χ4v) is 2.24. The highest BCUT2D eigenvalue weighted by Crippen LogP contribution is 2.28. The summed E-state index contributed by atoms with van der Waals surface area (Å²) in [6.45, 7) is 2.57. The van der Waals surface area contributed by atoms with E-state index in [9.17, 15) is 0 Å². The second kappa shape index (κ2) is 4.00. The lowest BCUT2D eigenvalue weighted by Gasteiger charge is -2.01. The van der Waals surface area contributed by atoms with Crippen molar-refractivity contribution in [2.45, 2.75) is 13.5 Å². The van der Waals surface area contributed by atoms with E-state index in [1.807, 2.05) is 25.1 Å². The van der Waals surface area contributed by atoms with Crippen LogP contribution in [0.15, 0.2) is 24.3 Å². The maximum absolute atomic E-state index is 5.67. The van der Waals surface area contributed by atoms with Crippen LogP contribution in [0.5, 0.6) is 0 Å². The first kappa shape index (κ1) is 10.1. The molecule has 0 aliphatic rings. The van der Waals surface area contributed by atoms with Crippen LogP contribution in [0.2, 0.25) is 0 Å². The first-order chi connectivity index (χ1) is 7.20. The Morgan fingerprint density at radius 3 is 2.80 bits per heavy atom. The summed E-state index contributed by atoms with van der Waals surface area (Å²) in [4.78, 5) is 5.45. The van der Waals surface area contributed by atoms with Gasteiger partial charge in [-0.05, 0) is 18.6 Å². The first-order valence-electron chi connectivity index (χ1n) is 4.73. The van der Waals surface area contributed by atoms with Gasteiger partial charge < -0.3 is 11.5 Å². The number of rotatable bonds is 2. The Balaban J connectivity index is 2.49. The number of thiazole rings is 1.